The number of aliphatic hydroxyl groups excluding tert-OH is 1. The third kappa shape index (κ3) is 26.4. The Morgan fingerprint density at radius 3 is 1.76 bits per heavy atom. The number of fused-ring (bicyclic) bond motifs is 1. The summed E-state index contributed by atoms with van der Waals surface area (Å²) in [6.45, 7) is 2.51. The van der Waals surface area contributed by atoms with E-state index in [2.05, 4.69) is 71.2 Å². The molecule has 0 spiro atoms. The third-order valence-electron chi connectivity index (χ3n) is 10.1. The highest BCUT2D eigenvalue weighted by atomic mass is 16.6. The van der Waals surface area contributed by atoms with Gasteiger partial charge in [-0.05, 0) is 74.2 Å². The number of carbonyl (C=O) groups excluding carboxylic acids is 2. The number of nitro benzene ring substituents is 1. The van der Waals surface area contributed by atoms with E-state index in [9.17, 15) is 24.8 Å². The molecule has 0 bridgehead atoms. The van der Waals surface area contributed by atoms with Crippen LogP contribution in [0.4, 0.5) is 11.4 Å². The number of hydrogen-bond acceptors (Lipinski definition) is 11. The molecule has 2 rings (SSSR count). The fraction of sp³-hybridized carbons (Fsp3) is 0.660. The molecule has 0 aliphatic heterocycles. The number of nitro groups is 1. The van der Waals surface area contributed by atoms with Crippen molar-refractivity contribution in [2.24, 2.45) is 0 Å². The number of aliphatic hydroxyl groups is 1. The summed E-state index contributed by atoms with van der Waals surface area (Å²) in [5.74, 6) is -0.703. The van der Waals surface area contributed by atoms with Crippen LogP contribution in [0, 0.1) is 10.1 Å². The number of allylic oxidation sites excluding steroid dienone is 8. The minimum absolute atomic E-state index is 0.106. The number of esters is 2. The summed E-state index contributed by atoms with van der Waals surface area (Å²) in [6.07, 6.45) is 44.0. The summed E-state index contributed by atoms with van der Waals surface area (Å²) in [4.78, 5) is 35.0. The highest BCUT2D eigenvalue weighted by molar-refractivity contribution is 5.93. The number of unbranched alkanes of at least 4 members (excludes halogenated alkanes) is 18. The maximum Gasteiger partial charge on any atom is 0.306 e. The van der Waals surface area contributed by atoms with Gasteiger partial charge in [-0.2, -0.15) is 0 Å². The van der Waals surface area contributed by atoms with Crippen LogP contribution in [0.25, 0.3) is 11.0 Å². The molecule has 0 amide bonds. The molecule has 1 heterocycles. The van der Waals surface area contributed by atoms with Crippen molar-refractivity contribution in [2.75, 3.05) is 25.1 Å². The molecule has 12 nitrogen and oxygen atoms in total. The van der Waals surface area contributed by atoms with Crippen molar-refractivity contribution in [1.29, 1.82) is 0 Å². The van der Waals surface area contributed by atoms with Gasteiger partial charge in [0.1, 0.15) is 6.61 Å². The number of hydrogen-bond donors (Lipinski definition) is 2. The van der Waals surface area contributed by atoms with E-state index in [1.165, 1.54) is 96.0 Å². The summed E-state index contributed by atoms with van der Waals surface area (Å²) in [5, 5.41) is 31.5. The third-order valence-corrected chi connectivity index (χ3v) is 10.1. The first-order valence-corrected chi connectivity index (χ1v) is 22.7. The number of carbonyl (C=O) groups is 2. The molecule has 2 aromatic rings. The minimum atomic E-state index is -0.827. The number of nitrogens with one attached hydrogen (secondary N) is 1. The number of aromatic nitrogens is 2. The van der Waals surface area contributed by atoms with Gasteiger partial charge < -0.3 is 19.9 Å². The Labute approximate surface area is 353 Å². The molecule has 59 heavy (non-hydrogen) atoms. The lowest BCUT2D eigenvalue weighted by atomic mass is 10.0. The maximum atomic E-state index is 12.2. The number of benzene rings is 1. The van der Waals surface area contributed by atoms with Gasteiger partial charge in [-0.3, -0.25) is 19.7 Å². The zero-order valence-corrected chi connectivity index (χ0v) is 36.0. The topological polar surface area (TPSA) is 167 Å². The standard InChI is InChI=1S/C47H74N4O8/c1-2-3-4-5-6-7-8-9-10-11-13-17-20-23-26-29-32-35-45(54)58-41(39-52)40-57-44(53)34-31-28-25-22-19-16-14-12-15-18-21-24-27-30-33-38-48-42-36-37-43(51(55)56)47-46(42)49-59-50-47/h6-7,9-10,13,17,23,26,36-37,41,48,52H,2-5,8,11-12,14-16,18-22,24-25,27-35,38-40H2,1H3. The molecule has 12 heteroatoms. The van der Waals surface area contributed by atoms with Gasteiger partial charge in [0.25, 0.3) is 0 Å². The zero-order valence-electron chi connectivity index (χ0n) is 36.0. The van der Waals surface area contributed by atoms with Crippen LogP contribution in [0.2, 0.25) is 0 Å². The SMILES string of the molecule is CCCCCC=CCC=CCC=CCC=CCCCC(=O)OC(CO)COC(=O)CCCCCCCCCCCCCCCCCNc1ccc([N+](=O)[O-])c2nonc12. The van der Waals surface area contributed by atoms with Crippen molar-refractivity contribution in [3.63, 3.8) is 0 Å². The minimum Gasteiger partial charge on any atom is -0.462 e. The molecule has 0 radical (unpaired) electrons. The summed E-state index contributed by atoms with van der Waals surface area (Å²) >= 11 is 0. The van der Waals surface area contributed by atoms with Gasteiger partial charge in [0.2, 0.25) is 5.52 Å². The predicted molar refractivity (Wildman–Crippen MR) is 237 cm³/mol. The van der Waals surface area contributed by atoms with Crippen molar-refractivity contribution in [2.45, 2.75) is 180 Å². The van der Waals surface area contributed by atoms with E-state index in [-0.39, 0.29) is 42.8 Å². The van der Waals surface area contributed by atoms with Crippen LogP contribution in [0.3, 0.4) is 0 Å². The van der Waals surface area contributed by atoms with Crippen molar-refractivity contribution in [3.8, 4) is 0 Å². The van der Waals surface area contributed by atoms with Crippen LogP contribution >= 0.6 is 0 Å². The molecule has 0 saturated carbocycles. The van der Waals surface area contributed by atoms with Gasteiger partial charge in [-0.15, -0.1) is 0 Å². The van der Waals surface area contributed by atoms with Crippen LogP contribution in [0.1, 0.15) is 174 Å². The molecular weight excluding hydrogens is 749 g/mol. The monoisotopic (exact) mass is 823 g/mol. The Kier molecular flexibility index (Phi) is 30.7. The number of rotatable bonds is 38. The second kappa shape index (κ2) is 35.6. The number of non-ortho nitro benzene ring substituents is 1. The number of nitrogens with zero attached hydrogens (tertiary/aromatic N) is 3. The largest absolute Gasteiger partial charge is 0.462 e. The van der Waals surface area contributed by atoms with Gasteiger partial charge in [0.15, 0.2) is 11.6 Å². The first kappa shape index (κ1) is 50.8. The summed E-state index contributed by atoms with van der Waals surface area (Å²) < 4.78 is 15.3. The van der Waals surface area contributed by atoms with Gasteiger partial charge >= 0.3 is 17.6 Å². The lowest BCUT2D eigenvalue weighted by molar-refractivity contribution is -0.383. The highest BCUT2D eigenvalue weighted by Gasteiger charge is 2.19. The smallest absolute Gasteiger partial charge is 0.306 e. The average molecular weight is 823 g/mol. The number of ether oxygens (including phenoxy) is 2. The second-order valence-corrected chi connectivity index (χ2v) is 15.3. The molecule has 1 aromatic heterocycles. The van der Waals surface area contributed by atoms with Gasteiger partial charge in [-0.25, -0.2) is 4.63 Å². The van der Waals surface area contributed by atoms with Crippen LogP contribution in [0.15, 0.2) is 65.4 Å². The molecule has 0 aliphatic rings. The fourth-order valence-corrected chi connectivity index (χ4v) is 6.61. The van der Waals surface area contributed by atoms with Crippen LogP contribution in [0.5, 0.6) is 0 Å². The van der Waals surface area contributed by atoms with Crippen molar-refractivity contribution >= 4 is 34.3 Å². The fourth-order valence-electron chi connectivity index (χ4n) is 6.61. The van der Waals surface area contributed by atoms with Crippen molar-refractivity contribution in [3.05, 3.63) is 70.9 Å². The van der Waals surface area contributed by atoms with E-state index >= 15 is 0 Å². The van der Waals surface area contributed by atoms with Gasteiger partial charge in [-0.1, -0.05) is 152 Å². The van der Waals surface area contributed by atoms with E-state index in [1.807, 2.05) is 0 Å². The molecule has 1 atom stereocenters. The Bertz CT molecular complexity index is 1520. The Hall–Kier alpha value is -4.32. The second-order valence-electron chi connectivity index (χ2n) is 15.3. The average Bonchev–Trinajstić information content (AvgIpc) is 3.73. The molecular formula is C47H74N4O8. The van der Waals surface area contributed by atoms with Crippen LogP contribution in [-0.2, 0) is 19.1 Å². The lowest BCUT2D eigenvalue weighted by Gasteiger charge is -2.15. The Balaban J connectivity index is 1.32. The first-order chi connectivity index (χ1) is 29.0. The molecule has 0 saturated heterocycles. The number of anilines is 1. The molecule has 330 valence electrons. The Morgan fingerprint density at radius 1 is 0.695 bits per heavy atom. The highest BCUT2D eigenvalue weighted by Crippen LogP contribution is 2.28. The maximum absolute atomic E-state index is 12.2. The van der Waals surface area contributed by atoms with Crippen molar-refractivity contribution < 1.29 is 33.7 Å². The molecule has 0 fully saturated rings. The zero-order chi connectivity index (χ0) is 42.4. The van der Waals surface area contributed by atoms with Gasteiger partial charge in [0, 0.05) is 25.5 Å². The van der Waals surface area contributed by atoms with E-state index in [0.717, 1.165) is 64.3 Å². The van der Waals surface area contributed by atoms with E-state index < -0.39 is 11.0 Å². The lowest BCUT2D eigenvalue weighted by Crippen LogP contribution is -2.28. The normalized spacial score (nSPS) is 12.4. The Morgan fingerprint density at radius 2 is 1.20 bits per heavy atom. The molecule has 2 N–H and O–H groups in total. The molecule has 0 aliphatic carbocycles. The van der Waals surface area contributed by atoms with Crippen LogP contribution < -0.4 is 5.32 Å². The first-order valence-electron chi connectivity index (χ1n) is 22.7. The molecule has 1 unspecified atom stereocenters. The predicted octanol–water partition coefficient (Wildman–Crippen LogP) is 12.4. The van der Waals surface area contributed by atoms with E-state index in [4.69, 9.17) is 14.1 Å². The summed E-state index contributed by atoms with van der Waals surface area (Å²) in [6, 6.07) is 3.09. The van der Waals surface area contributed by atoms with Crippen molar-refractivity contribution in [1.82, 2.24) is 10.3 Å². The quantitative estimate of drug-likeness (QED) is 0.0217. The summed E-state index contributed by atoms with van der Waals surface area (Å²) in [7, 11) is 0. The van der Waals surface area contributed by atoms with Crippen LogP contribution in [-0.4, -0.2) is 58.1 Å². The van der Waals surface area contributed by atoms with Gasteiger partial charge in [0.05, 0.1) is 17.2 Å². The molecule has 1 aromatic carbocycles. The van der Waals surface area contributed by atoms with E-state index in [0.29, 0.717) is 24.0 Å². The van der Waals surface area contributed by atoms with E-state index in [1.54, 1.807) is 6.07 Å². The summed E-state index contributed by atoms with van der Waals surface area (Å²) in [5.41, 5.74) is 1.16.